The molecule has 0 amide bonds. The minimum atomic E-state index is -2.48. The Kier molecular flexibility index (Phi) is 7.94. The maximum absolute atomic E-state index is 2.75. The van der Waals surface area contributed by atoms with Crippen molar-refractivity contribution in [3.05, 3.63) is 0 Å². The predicted octanol–water partition coefficient (Wildman–Crippen LogP) is 3.63. The molecule has 0 aromatic rings. The van der Waals surface area contributed by atoms with E-state index >= 15 is 0 Å². The van der Waals surface area contributed by atoms with E-state index in [2.05, 4.69) is 81.6 Å². The van der Waals surface area contributed by atoms with Crippen LogP contribution in [0.1, 0.15) is 55.4 Å². The molecule has 5 heteroatoms. The van der Waals surface area contributed by atoms with Crippen LogP contribution in [0.5, 0.6) is 0 Å². The van der Waals surface area contributed by atoms with Crippen LogP contribution in [0.4, 0.5) is 0 Å². The summed E-state index contributed by atoms with van der Waals surface area (Å²) in [7, 11) is 0.122. The third-order valence-corrected chi connectivity index (χ3v) is 57.6. The van der Waals surface area contributed by atoms with Gasteiger partial charge in [-0.05, 0) is 0 Å². The topological polar surface area (TPSA) is 0 Å². The average molecular weight is 440 g/mol. The Labute approximate surface area is 150 Å². The molecule has 0 aromatic heterocycles. The van der Waals surface area contributed by atoms with Crippen LogP contribution in [0.3, 0.4) is 0 Å². The third kappa shape index (κ3) is 3.43. The fraction of sp³-hybridized carbons (Fsp3) is 1.00. The summed E-state index contributed by atoms with van der Waals surface area (Å²) in [6.07, 6.45) is 0. The fourth-order valence-electron chi connectivity index (χ4n) is 6.56. The van der Waals surface area contributed by atoms with Crippen LogP contribution < -0.4 is 0 Å². The molecule has 0 fully saturated rings. The molecule has 0 N–H and O–H groups in total. The summed E-state index contributed by atoms with van der Waals surface area (Å²) in [5.74, 6) is 0. The Hall–Kier alpha value is 1.75. The molecule has 0 aliphatic rings. The molecule has 0 aliphatic heterocycles. The van der Waals surface area contributed by atoms with Gasteiger partial charge in [-0.3, -0.25) is 0 Å². The van der Waals surface area contributed by atoms with Gasteiger partial charge in [0.2, 0.25) is 0 Å². The fourth-order valence-corrected chi connectivity index (χ4v) is 94.2. The van der Waals surface area contributed by atoms with Crippen LogP contribution in [-0.4, -0.2) is 38.1 Å². The summed E-state index contributed by atoms with van der Waals surface area (Å²) in [5, 5.41) is 0. The molecule has 0 rings (SSSR count). The van der Waals surface area contributed by atoms with E-state index in [9.17, 15) is 0 Å². The van der Waals surface area contributed by atoms with Crippen LogP contribution in [0, 0.1) is 0 Å². The van der Waals surface area contributed by atoms with Crippen LogP contribution in [0.25, 0.3) is 0 Å². The van der Waals surface area contributed by atoms with E-state index in [1.54, 1.807) is 0 Å². The van der Waals surface area contributed by atoms with E-state index in [0.29, 0.717) is 0 Å². The van der Waals surface area contributed by atoms with Crippen LogP contribution in [0.15, 0.2) is 0 Å². The first-order valence-corrected chi connectivity index (χ1v) is 22.6. The van der Waals surface area contributed by atoms with Gasteiger partial charge in [-0.2, -0.15) is 0 Å². The summed E-state index contributed by atoms with van der Waals surface area (Å²) in [6, 6.07) is 0. The second-order valence-corrected chi connectivity index (χ2v) is 43.5. The van der Waals surface area contributed by atoms with Gasteiger partial charge >= 0.3 is 151 Å². The van der Waals surface area contributed by atoms with Crippen molar-refractivity contribution in [1.82, 2.24) is 0 Å². The molecule has 21 heavy (non-hydrogen) atoms. The van der Waals surface area contributed by atoms with Crippen molar-refractivity contribution >= 4 is 38.1 Å². The Bertz CT molecular complexity index is 279. The van der Waals surface area contributed by atoms with Crippen molar-refractivity contribution in [2.45, 2.75) is 92.6 Å². The molecule has 0 atom stereocenters. The monoisotopic (exact) mass is 438 g/mol. The van der Waals surface area contributed by atoms with Gasteiger partial charge in [-0.15, -0.1) is 0 Å². The van der Waals surface area contributed by atoms with Crippen molar-refractivity contribution in [3.8, 4) is 0 Å². The summed E-state index contributed by atoms with van der Waals surface area (Å²) >= 11 is -2.48. The van der Waals surface area contributed by atoms with E-state index < -0.39 is 20.3 Å². The van der Waals surface area contributed by atoms with Gasteiger partial charge in [-0.25, -0.2) is 0 Å². The molecule has 0 saturated carbocycles. The summed E-state index contributed by atoms with van der Waals surface area (Å²) < 4.78 is 3.06. The molecule has 0 saturated heterocycles. The molecular weight excluding hydrogens is 396 g/mol. The predicted molar refractivity (Wildman–Crippen MR) is 114 cm³/mol. The number of hydrogen-bond acceptors (Lipinski definition) is 0. The molecule has 0 spiro atoms. The van der Waals surface area contributed by atoms with E-state index in [-0.39, 0.29) is 38.1 Å². The van der Waals surface area contributed by atoms with Gasteiger partial charge in [0.15, 0.2) is 0 Å². The maximum atomic E-state index is 2.75. The third-order valence-electron chi connectivity index (χ3n) is 7.60. The molecule has 0 nitrogen and oxygen atoms in total. The molecule has 0 aromatic carbocycles. The Morgan fingerprint density at radius 1 is 0.429 bits per heavy atom. The Balaban J connectivity index is 6.85. The Morgan fingerprint density at radius 3 is 0.667 bits per heavy atom. The van der Waals surface area contributed by atoms with Crippen molar-refractivity contribution < 1.29 is 20.3 Å². The first kappa shape index (κ1) is 22.8. The Morgan fingerprint density at radius 2 is 0.571 bits per heavy atom. The standard InChI is InChI=1S/4C4H11Si.Zr/c4*1-4(2)5-3;/h4*5H2,1-3H3;. The van der Waals surface area contributed by atoms with Crippen molar-refractivity contribution in [2.24, 2.45) is 0 Å². The van der Waals surface area contributed by atoms with E-state index in [4.69, 9.17) is 0 Å². The second-order valence-electron chi connectivity index (χ2n) is 9.70. The summed E-state index contributed by atoms with van der Waals surface area (Å²) in [5.41, 5.74) is 0. The van der Waals surface area contributed by atoms with E-state index in [1.807, 2.05) is 0 Å². The van der Waals surface area contributed by atoms with E-state index in [1.165, 1.54) is 0 Å². The molecule has 128 valence electrons. The quantitative estimate of drug-likeness (QED) is 0.506. The molecule has 0 aliphatic carbocycles. The van der Waals surface area contributed by atoms with Gasteiger partial charge in [0, 0.05) is 0 Å². The second kappa shape index (κ2) is 7.33. The van der Waals surface area contributed by atoms with Gasteiger partial charge in [0.05, 0.1) is 0 Å². The average Bonchev–Trinajstić information content (AvgIpc) is 2.37. The van der Waals surface area contributed by atoms with Crippen LogP contribution >= 0.6 is 0 Å². The van der Waals surface area contributed by atoms with E-state index in [0.717, 1.165) is 11.0 Å². The van der Waals surface area contributed by atoms with Crippen LogP contribution in [-0.2, 0) is 20.3 Å². The van der Waals surface area contributed by atoms with Crippen molar-refractivity contribution in [3.63, 3.8) is 0 Å². The summed E-state index contributed by atoms with van der Waals surface area (Å²) in [6.45, 7) is 32.5. The zero-order valence-corrected chi connectivity index (χ0v) is 25.4. The molecule has 0 unspecified atom stereocenters. The van der Waals surface area contributed by atoms with Crippen LogP contribution in [0.2, 0.25) is 37.2 Å². The first-order valence-electron chi connectivity index (χ1n) is 9.24. The zero-order chi connectivity index (χ0) is 17.3. The number of hydrogen-bond donors (Lipinski definition) is 0. The molecule has 0 heterocycles. The minimum absolute atomic E-state index is 0.0304. The SMILES string of the molecule is C[SiH2][C](C)(C)[Zr]([C](C)(C)[SiH2]C)([C](C)(C)[SiH2]C)[C](C)(C)[SiH2]C. The van der Waals surface area contributed by atoms with Gasteiger partial charge < -0.3 is 0 Å². The summed E-state index contributed by atoms with van der Waals surface area (Å²) in [4.78, 5) is 0. The molecule has 0 radical (unpaired) electrons. The zero-order valence-electron chi connectivity index (χ0n) is 17.3. The molecular formula is C16H44Si4Zr. The van der Waals surface area contributed by atoms with Gasteiger partial charge in [-0.1, -0.05) is 0 Å². The molecule has 0 bridgehead atoms. The van der Waals surface area contributed by atoms with Crippen molar-refractivity contribution in [1.29, 1.82) is 0 Å². The van der Waals surface area contributed by atoms with Gasteiger partial charge in [0.25, 0.3) is 0 Å². The first-order chi connectivity index (χ1) is 9.24. The van der Waals surface area contributed by atoms with Gasteiger partial charge in [0.1, 0.15) is 0 Å². The van der Waals surface area contributed by atoms with Crippen molar-refractivity contribution in [2.75, 3.05) is 0 Å². The number of rotatable bonds is 8. The normalized spacial score (nSPS) is 20.0.